The van der Waals surface area contributed by atoms with Gasteiger partial charge in [0.15, 0.2) is 11.6 Å². The first-order chi connectivity index (χ1) is 12.2. The van der Waals surface area contributed by atoms with Crippen LogP contribution in [0, 0.1) is 6.92 Å². The average Bonchev–Trinajstić information content (AvgIpc) is 2.95. The minimum absolute atomic E-state index is 0.0566. The summed E-state index contributed by atoms with van der Waals surface area (Å²) in [4.78, 5) is 10.0. The van der Waals surface area contributed by atoms with E-state index < -0.39 is 0 Å². The lowest BCUT2D eigenvalue weighted by molar-refractivity contribution is 0.404. The Hall–Kier alpha value is -2.41. The Labute approximate surface area is 157 Å². The molecular weight excluding hydrogens is 348 g/mol. The number of ether oxygens (including phenoxy) is 2. The van der Waals surface area contributed by atoms with E-state index in [2.05, 4.69) is 30.7 Å². The highest BCUT2D eigenvalue weighted by atomic mass is 32.2. The molecule has 0 atom stereocenters. The van der Waals surface area contributed by atoms with Crippen molar-refractivity contribution in [3.63, 3.8) is 0 Å². The molecule has 3 rings (SSSR count). The Bertz CT molecular complexity index is 937. The molecule has 0 aromatic carbocycles. The molecular formula is C19H24N4O2S. The summed E-state index contributed by atoms with van der Waals surface area (Å²) in [6, 6.07) is 3.90. The molecule has 0 spiro atoms. The SMILES string of the molecule is COc1cc2ncc(-c3cc(C)c(OC)c(N)n3)n2cc1SC(C)(C)C. The third-order valence-electron chi connectivity index (χ3n) is 3.86. The van der Waals surface area contributed by atoms with Crippen molar-refractivity contribution < 1.29 is 9.47 Å². The lowest BCUT2D eigenvalue weighted by Crippen LogP contribution is -2.08. The van der Waals surface area contributed by atoms with Gasteiger partial charge in [0.1, 0.15) is 11.4 Å². The number of anilines is 1. The third-order valence-corrected chi connectivity index (χ3v) is 5.00. The smallest absolute Gasteiger partial charge is 0.167 e. The van der Waals surface area contributed by atoms with E-state index in [1.54, 1.807) is 32.2 Å². The number of pyridine rings is 2. The molecule has 0 radical (unpaired) electrons. The van der Waals surface area contributed by atoms with Crippen molar-refractivity contribution >= 4 is 23.2 Å². The maximum Gasteiger partial charge on any atom is 0.167 e. The summed E-state index contributed by atoms with van der Waals surface area (Å²) >= 11 is 1.75. The summed E-state index contributed by atoms with van der Waals surface area (Å²) in [7, 11) is 3.27. The number of imidazole rings is 1. The summed E-state index contributed by atoms with van der Waals surface area (Å²) in [5.41, 5.74) is 9.41. The van der Waals surface area contributed by atoms with Crippen LogP contribution in [0.3, 0.4) is 0 Å². The van der Waals surface area contributed by atoms with Crippen molar-refractivity contribution in [2.45, 2.75) is 37.3 Å². The number of fused-ring (bicyclic) bond motifs is 1. The fraction of sp³-hybridized carbons (Fsp3) is 0.368. The van der Waals surface area contributed by atoms with Gasteiger partial charge in [0, 0.05) is 17.0 Å². The molecule has 3 heterocycles. The monoisotopic (exact) mass is 372 g/mol. The van der Waals surface area contributed by atoms with E-state index in [1.165, 1.54) is 0 Å². The van der Waals surface area contributed by atoms with E-state index in [-0.39, 0.29) is 4.75 Å². The van der Waals surface area contributed by atoms with E-state index in [1.807, 2.05) is 29.7 Å². The van der Waals surface area contributed by atoms with Crippen LogP contribution in [0.25, 0.3) is 17.0 Å². The summed E-state index contributed by atoms with van der Waals surface area (Å²) < 4.78 is 12.9. The molecule has 0 aliphatic rings. The van der Waals surface area contributed by atoms with Gasteiger partial charge >= 0.3 is 0 Å². The van der Waals surface area contributed by atoms with E-state index in [0.29, 0.717) is 11.6 Å². The average molecular weight is 372 g/mol. The highest BCUT2D eigenvalue weighted by Crippen LogP contribution is 2.39. The van der Waals surface area contributed by atoms with E-state index in [9.17, 15) is 0 Å². The van der Waals surface area contributed by atoms with Crippen molar-refractivity contribution in [2.24, 2.45) is 0 Å². The Morgan fingerprint density at radius 1 is 1.15 bits per heavy atom. The first-order valence-corrected chi connectivity index (χ1v) is 9.10. The van der Waals surface area contributed by atoms with Crippen LogP contribution in [0.1, 0.15) is 26.3 Å². The molecule has 138 valence electrons. The summed E-state index contributed by atoms with van der Waals surface area (Å²) in [6.45, 7) is 8.47. The Balaban J connectivity index is 2.18. The number of aromatic nitrogens is 3. The fourth-order valence-electron chi connectivity index (χ4n) is 2.82. The summed E-state index contributed by atoms with van der Waals surface area (Å²) in [5, 5.41) is 0. The molecule has 0 aliphatic carbocycles. The van der Waals surface area contributed by atoms with Gasteiger partial charge < -0.3 is 15.2 Å². The predicted octanol–water partition coefficient (Wildman–Crippen LogP) is 4.19. The number of nitrogens with zero attached hydrogens (tertiary/aromatic N) is 3. The number of aryl methyl sites for hydroxylation is 1. The van der Waals surface area contributed by atoms with Gasteiger partial charge in [-0.3, -0.25) is 4.40 Å². The molecule has 2 N–H and O–H groups in total. The largest absolute Gasteiger partial charge is 0.495 e. The van der Waals surface area contributed by atoms with Gasteiger partial charge in [-0.2, -0.15) is 0 Å². The van der Waals surface area contributed by atoms with Crippen molar-refractivity contribution in [1.82, 2.24) is 14.4 Å². The topological polar surface area (TPSA) is 74.7 Å². The van der Waals surface area contributed by atoms with Crippen LogP contribution in [0.4, 0.5) is 5.82 Å². The van der Waals surface area contributed by atoms with Gasteiger partial charge in [0.25, 0.3) is 0 Å². The zero-order valence-corrected chi connectivity index (χ0v) is 16.8. The van der Waals surface area contributed by atoms with E-state index in [4.69, 9.17) is 15.2 Å². The van der Waals surface area contributed by atoms with E-state index >= 15 is 0 Å². The van der Waals surface area contributed by atoms with Crippen LogP contribution in [0.15, 0.2) is 29.4 Å². The van der Waals surface area contributed by atoms with Crippen LogP contribution >= 0.6 is 11.8 Å². The summed E-state index contributed by atoms with van der Waals surface area (Å²) in [6.07, 6.45) is 3.85. The van der Waals surface area contributed by atoms with Gasteiger partial charge in [0.2, 0.25) is 0 Å². The first-order valence-electron chi connectivity index (χ1n) is 8.29. The highest BCUT2D eigenvalue weighted by molar-refractivity contribution is 8.00. The maximum absolute atomic E-state index is 6.05. The zero-order chi connectivity index (χ0) is 19.1. The standard InChI is InChI=1S/C19H24N4O2S/c1-11-7-12(22-18(20)17(11)25-6)13-9-21-16-8-14(24-5)15(10-23(13)16)26-19(2,3)4/h7-10H,1-6H3,(H2,20,22). The van der Waals surface area contributed by atoms with Crippen LogP contribution in [-0.2, 0) is 0 Å². The molecule has 0 amide bonds. The molecule has 6 nitrogen and oxygen atoms in total. The van der Waals surface area contributed by atoms with Crippen molar-refractivity contribution in [3.8, 4) is 22.9 Å². The molecule has 7 heteroatoms. The number of nitrogen functional groups attached to an aromatic ring is 1. The van der Waals surface area contributed by atoms with Crippen LogP contribution < -0.4 is 15.2 Å². The lowest BCUT2D eigenvalue weighted by atomic mass is 10.2. The highest BCUT2D eigenvalue weighted by Gasteiger charge is 2.19. The maximum atomic E-state index is 6.05. The molecule has 3 aromatic rings. The lowest BCUT2D eigenvalue weighted by Gasteiger charge is -2.19. The minimum Gasteiger partial charge on any atom is -0.495 e. The molecule has 0 fully saturated rings. The zero-order valence-electron chi connectivity index (χ0n) is 16.0. The Morgan fingerprint density at radius 2 is 1.88 bits per heavy atom. The second-order valence-electron chi connectivity index (χ2n) is 7.04. The predicted molar refractivity (Wildman–Crippen MR) is 106 cm³/mol. The van der Waals surface area contributed by atoms with E-state index in [0.717, 1.165) is 33.2 Å². The Kier molecular flexibility index (Phi) is 4.75. The summed E-state index contributed by atoms with van der Waals surface area (Å²) in [5.74, 6) is 1.79. The van der Waals surface area contributed by atoms with Gasteiger partial charge in [0.05, 0.1) is 36.7 Å². The van der Waals surface area contributed by atoms with Gasteiger partial charge in [-0.1, -0.05) is 20.8 Å². The van der Waals surface area contributed by atoms with Crippen molar-refractivity contribution in [1.29, 1.82) is 0 Å². The number of hydrogen-bond donors (Lipinski definition) is 1. The normalized spacial score (nSPS) is 11.8. The number of hydrogen-bond acceptors (Lipinski definition) is 6. The van der Waals surface area contributed by atoms with Gasteiger partial charge in [-0.15, -0.1) is 11.8 Å². The second-order valence-corrected chi connectivity index (χ2v) is 8.90. The van der Waals surface area contributed by atoms with Crippen molar-refractivity contribution in [2.75, 3.05) is 20.0 Å². The number of nitrogens with two attached hydrogens (primary N) is 1. The molecule has 0 bridgehead atoms. The molecule has 0 saturated heterocycles. The van der Waals surface area contributed by atoms with Crippen LogP contribution in [0.2, 0.25) is 0 Å². The third kappa shape index (κ3) is 3.44. The first kappa shape index (κ1) is 18.4. The molecule has 0 saturated carbocycles. The quantitative estimate of drug-likeness (QED) is 0.692. The van der Waals surface area contributed by atoms with Crippen LogP contribution in [-0.4, -0.2) is 33.3 Å². The van der Waals surface area contributed by atoms with Gasteiger partial charge in [-0.05, 0) is 18.6 Å². The van der Waals surface area contributed by atoms with Crippen LogP contribution in [0.5, 0.6) is 11.5 Å². The fourth-order valence-corrected chi connectivity index (χ4v) is 3.89. The number of thioether (sulfide) groups is 1. The Morgan fingerprint density at radius 3 is 2.46 bits per heavy atom. The number of methoxy groups -OCH3 is 2. The van der Waals surface area contributed by atoms with Gasteiger partial charge in [-0.25, -0.2) is 9.97 Å². The number of rotatable bonds is 4. The second kappa shape index (κ2) is 6.72. The minimum atomic E-state index is 0.0566. The molecule has 26 heavy (non-hydrogen) atoms. The molecule has 3 aromatic heterocycles. The molecule has 0 unspecified atom stereocenters. The van der Waals surface area contributed by atoms with Crippen molar-refractivity contribution in [3.05, 3.63) is 30.1 Å². The molecule has 0 aliphatic heterocycles.